The predicted octanol–water partition coefficient (Wildman–Crippen LogP) is -0.0992. The van der Waals surface area contributed by atoms with Crippen LogP contribution in [-0.4, -0.2) is 61.8 Å². The quantitative estimate of drug-likeness (QED) is 0.541. The van der Waals surface area contributed by atoms with Crippen LogP contribution in [0, 0.1) is 0 Å². The average Bonchev–Trinajstić information content (AvgIpc) is 2.69. The smallest absolute Gasteiger partial charge is 0.408 e. The molecule has 0 aromatic heterocycles. The molecule has 1 N–H and O–H groups in total. The highest BCUT2D eigenvalue weighted by molar-refractivity contribution is 5.81. The van der Waals surface area contributed by atoms with Crippen molar-refractivity contribution in [3.05, 3.63) is 0 Å². The molecule has 0 radical (unpaired) electrons. The van der Waals surface area contributed by atoms with Gasteiger partial charge in [-0.2, -0.15) is 0 Å². The monoisotopic (exact) mass is 233 g/mol. The van der Waals surface area contributed by atoms with E-state index in [2.05, 4.69) is 4.74 Å². The fraction of sp³-hybridized carbons (Fsp3) is 0.778. The molecule has 92 valence electrons. The van der Waals surface area contributed by atoms with Crippen LogP contribution in [0.1, 0.15) is 6.42 Å². The first kappa shape index (κ1) is 12.7. The largest absolute Gasteiger partial charge is 0.467 e. The van der Waals surface area contributed by atoms with Crippen molar-refractivity contribution in [2.24, 2.45) is 0 Å². The Kier molecular flexibility index (Phi) is 3.71. The molecule has 0 aromatic carbocycles. The molecule has 7 heteroatoms. The van der Waals surface area contributed by atoms with Gasteiger partial charge in [0.15, 0.2) is 5.79 Å². The number of nitrogens with zero attached hydrogens (tertiary/aromatic N) is 1. The summed E-state index contributed by atoms with van der Waals surface area (Å²) in [7, 11) is 4.02. The first-order valence-corrected chi connectivity index (χ1v) is 4.67. The molecule has 0 unspecified atom stereocenters. The zero-order valence-corrected chi connectivity index (χ0v) is 9.43. The Labute approximate surface area is 92.9 Å². The van der Waals surface area contributed by atoms with E-state index in [9.17, 15) is 9.59 Å². The van der Waals surface area contributed by atoms with E-state index in [-0.39, 0.29) is 13.0 Å². The van der Waals surface area contributed by atoms with Gasteiger partial charge >= 0.3 is 12.1 Å². The van der Waals surface area contributed by atoms with Gasteiger partial charge in [0.1, 0.15) is 6.04 Å². The molecule has 1 fully saturated rings. The molecule has 1 saturated heterocycles. The first-order chi connectivity index (χ1) is 7.49. The van der Waals surface area contributed by atoms with Crippen molar-refractivity contribution < 1.29 is 28.9 Å². The maximum Gasteiger partial charge on any atom is 0.408 e. The molecule has 1 aliphatic heterocycles. The molecule has 0 aromatic rings. The van der Waals surface area contributed by atoms with Crippen molar-refractivity contribution >= 4 is 12.1 Å². The Bertz CT molecular complexity index is 288. The number of amides is 1. The molecular weight excluding hydrogens is 218 g/mol. The van der Waals surface area contributed by atoms with Gasteiger partial charge < -0.3 is 19.3 Å². The highest BCUT2D eigenvalue weighted by Gasteiger charge is 2.50. The van der Waals surface area contributed by atoms with Crippen LogP contribution < -0.4 is 0 Å². The summed E-state index contributed by atoms with van der Waals surface area (Å²) in [4.78, 5) is 23.3. The number of carboxylic acid groups (broad SMARTS) is 1. The van der Waals surface area contributed by atoms with Gasteiger partial charge in [-0.15, -0.1) is 0 Å². The van der Waals surface area contributed by atoms with Crippen LogP contribution >= 0.6 is 0 Å². The summed E-state index contributed by atoms with van der Waals surface area (Å²) in [6.45, 7) is -0.0187. The number of methoxy groups -OCH3 is 3. The molecule has 1 rings (SSSR count). The minimum Gasteiger partial charge on any atom is -0.467 e. The minimum atomic E-state index is -1.20. The SMILES string of the molecule is COC(=O)[C@@H]1CC(OC)(OC)CN1C(=O)O. The van der Waals surface area contributed by atoms with Crippen molar-refractivity contribution in [1.82, 2.24) is 4.90 Å². The zero-order valence-electron chi connectivity index (χ0n) is 9.43. The third-order valence-electron chi connectivity index (χ3n) is 2.75. The molecule has 1 amide bonds. The fourth-order valence-corrected chi connectivity index (χ4v) is 1.77. The normalized spacial score (nSPS) is 23.2. The number of carbonyl (C=O) groups is 2. The topological polar surface area (TPSA) is 85.3 Å². The summed E-state index contributed by atoms with van der Waals surface area (Å²) >= 11 is 0. The van der Waals surface area contributed by atoms with E-state index >= 15 is 0 Å². The summed E-state index contributed by atoms with van der Waals surface area (Å²) in [6, 6.07) is -0.887. The Morgan fingerprint density at radius 3 is 2.25 bits per heavy atom. The lowest BCUT2D eigenvalue weighted by molar-refractivity contribution is -0.195. The molecule has 1 aliphatic rings. The van der Waals surface area contributed by atoms with E-state index in [0.29, 0.717) is 0 Å². The number of carbonyl (C=O) groups excluding carboxylic acids is 1. The first-order valence-electron chi connectivity index (χ1n) is 4.67. The van der Waals surface area contributed by atoms with Gasteiger partial charge in [0.25, 0.3) is 0 Å². The predicted molar refractivity (Wildman–Crippen MR) is 51.9 cm³/mol. The maximum absolute atomic E-state index is 11.4. The molecule has 16 heavy (non-hydrogen) atoms. The van der Waals surface area contributed by atoms with E-state index in [0.717, 1.165) is 4.90 Å². The lowest BCUT2D eigenvalue weighted by atomic mass is 10.1. The Morgan fingerprint density at radius 2 is 1.88 bits per heavy atom. The third kappa shape index (κ3) is 2.10. The Hall–Kier alpha value is -1.34. The molecular formula is C9H15NO6. The Morgan fingerprint density at radius 1 is 1.31 bits per heavy atom. The standard InChI is InChI=1S/C9H15NO6/c1-14-7(11)6-4-9(15-2,16-3)5-10(6)8(12)13/h6H,4-5H2,1-3H3,(H,12,13)/t6-/m0/s1. The van der Waals surface area contributed by atoms with Crippen LogP contribution in [0.4, 0.5) is 4.79 Å². The fourth-order valence-electron chi connectivity index (χ4n) is 1.77. The minimum absolute atomic E-state index is 0.0187. The van der Waals surface area contributed by atoms with E-state index in [1.165, 1.54) is 21.3 Å². The molecule has 0 aliphatic carbocycles. The lowest BCUT2D eigenvalue weighted by Crippen LogP contribution is -2.41. The Balaban J connectivity index is 2.91. The van der Waals surface area contributed by atoms with Crippen LogP contribution in [0.2, 0.25) is 0 Å². The highest BCUT2D eigenvalue weighted by atomic mass is 16.7. The second-order valence-electron chi connectivity index (χ2n) is 3.47. The van der Waals surface area contributed by atoms with Gasteiger partial charge in [-0.3, -0.25) is 4.90 Å². The van der Waals surface area contributed by atoms with E-state index < -0.39 is 23.9 Å². The van der Waals surface area contributed by atoms with Crippen LogP contribution in [0.15, 0.2) is 0 Å². The number of hydrogen-bond donors (Lipinski definition) is 1. The van der Waals surface area contributed by atoms with Crippen molar-refractivity contribution in [1.29, 1.82) is 0 Å². The average molecular weight is 233 g/mol. The third-order valence-corrected chi connectivity index (χ3v) is 2.75. The molecule has 0 bridgehead atoms. The van der Waals surface area contributed by atoms with Crippen molar-refractivity contribution in [2.45, 2.75) is 18.2 Å². The number of likely N-dealkylation sites (tertiary alicyclic amines) is 1. The van der Waals surface area contributed by atoms with E-state index in [4.69, 9.17) is 14.6 Å². The van der Waals surface area contributed by atoms with E-state index in [1.807, 2.05) is 0 Å². The van der Waals surface area contributed by atoms with Crippen LogP contribution in [-0.2, 0) is 19.0 Å². The molecule has 1 atom stereocenters. The van der Waals surface area contributed by atoms with E-state index in [1.54, 1.807) is 0 Å². The van der Waals surface area contributed by atoms with Gasteiger partial charge in [-0.1, -0.05) is 0 Å². The number of hydrogen-bond acceptors (Lipinski definition) is 5. The molecule has 7 nitrogen and oxygen atoms in total. The van der Waals surface area contributed by atoms with Crippen LogP contribution in [0.3, 0.4) is 0 Å². The van der Waals surface area contributed by atoms with Crippen molar-refractivity contribution in [2.75, 3.05) is 27.9 Å². The van der Waals surface area contributed by atoms with Crippen LogP contribution in [0.5, 0.6) is 0 Å². The lowest BCUT2D eigenvalue weighted by Gasteiger charge is -2.24. The summed E-state index contributed by atoms with van der Waals surface area (Å²) in [5.41, 5.74) is 0. The second-order valence-corrected chi connectivity index (χ2v) is 3.47. The number of rotatable bonds is 3. The van der Waals surface area contributed by atoms with Gasteiger partial charge in [-0.25, -0.2) is 9.59 Å². The molecule has 1 heterocycles. The van der Waals surface area contributed by atoms with Crippen LogP contribution in [0.25, 0.3) is 0 Å². The summed E-state index contributed by atoms with van der Waals surface area (Å²) in [6.07, 6.45) is -1.08. The summed E-state index contributed by atoms with van der Waals surface area (Å²) in [5.74, 6) is -1.68. The van der Waals surface area contributed by atoms with Gasteiger partial charge in [0.2, 0.25) is 0 Å². The van der Waals surface area contributed by atoms with Gasteiger partial charge in [0, 0.05) is 20.6 Å². The van der Waals surface area contributed by atoms with Gasteiger partial charge in [-0.05, 0) is 0 Å². The van der Waals surface area contributed by atoms with Crippen molar-refractivity contribution in [3.63, 3.8) is 0 Å². The zero-order chi connectivity index (χ0) is 12.3. The summed E-state index contributed by atoms with van der Waals surface area (Å²) < 4.78 is 14.8. The molecule has 0 spiro atoms. The maximum atomic E-state index is 11.4. The number of ether oxygens (including phenoxy) is 3. The number of esters is 1. The van der Waals surface area contributed by atoms with Gasteiger partial charge in [0.05, 0.1) is 13.7 Å². The highest BCUT2D eigenvalue weighted by Crippen LogP contribution is 2.31. The second kappa shape index (κ2) is 4.67. The van der Waals surface area contributed by atoms with Crippen molar-refractivity contribution in [3.8, 4) is 0 Å². The molecule has 0 saturated carbocycles. The summed E-state index contributed by atoms with van der Waals surface area (Å²) in [5, 5.41) is 8.96.